The molecule has 0 radical (unpaired) electrons. The molecule has 1 aliphatic heterocycles. The second-order valence-corrected chi connectivity index (χ2v) is 8.36. The molecule has 0 spiro atoms. The van der Waals surface area contributed by atoms with E-state index >= 15 is 0 Å². The van der Waals surface area contributed by atoms with Gasteiger partial charge >= 0.3 is 0 Å². The second-order valence-electron chi connectivity index (χ2n) is 7.95. The molecule has 0 aromatic heterocycles. The number of hydrogen-bond donors (Lipinski definition) is 1. The van der Waals surface area contributed by atoms with Gasteiger partial charge in [-0.15, -0.1) is 0 Å². The van der Waals surface area contributed by atoms with Crippen molar-refractivity contribution in [3.63, 3.8) is 0 Å². The van der Waals surface area contributed by atoms with Gasteiger partial charge in [0.05, 0.1) is 11.6 Å². The highest BCUT2D eigenvalue weighted by molar-refractivity contribution is 6.32. The average Bonchev–Trinajstić information content (AvgIpc) is 2.73. The highest BCUT2D eigenvalue weighted by atomic mass is 35.5. The average molecular weight is 434 g/mol. The van der Waals surface area contributed by atoms with E-state index in [1.807, 2.05) is 44.2 Å². The lowest BCUT2D eigenvalue weighted by Crippen LogP contribution is -2.51. The van der Waals surface area contributed by atoms with E-state index < -0.39 is 5.60 Å². The van der Waals surface area contributed by atoms with Gasteiger partial charge in [0.1, 0.15) is 30.3 Å². The maximum absolute atomic E-state index is 11.1. The van der Waals surface area contributed by atoms with Crippen LogP contribution in [0, 0.1) is 6.92 Å². The summed E-state index contributed by atoms with van der Waals surface area (Å²) in [5.74, 6) is 1.47. The first-order valence-corrected chi connectivity index (χ1v) is 11.0. The molecular weight excluding hydrogens is 402 g/mol. The number of piperidine rings is 1. The fraction of sp³-hybridized carbons (Fsp3) is 0.500. The number of ether oxygens (including phenoxy) is 3. The van der Waals surface area contributed by atoms with Crippen LogP contribution in [0.25, 0.3) is 0 Å². The summed E-state index contributed by atoms with van der Waals surface area (Å²) in [6.45, 7) is 8.37. The van der Waals surface area contributed by atoms with Crippen LogP contribution in [-0.4, -0.2) is 55.1 Å². The molecule has 1 aliphatic rings. The van der Waals surface area contributed by atoms with Crippen LogP contribution in [0.15, 0.2) is 42.5 Å². The van der Waals surface area contributed by atoms with Crippen molar-refractivity contribution in [3.8, 4) is 11.5 Å². The quantitative estimate of drug-likeness (QED) is 0.560. The van der Waals surface area contributed by atoms with Gasteiger partial charge < -0.3 is 19.3 Å². The van der Waals surface area contributed by atoms with Crippen LogP contribution in [0.5, 0.6) is 11.5 Å². The van der Waals surface area contributed by atoms with Gasteiger partial charge in [-0.2, -0.15) is 0 Å². The SMILES string of the molecule is CCOCCOc1ccc(CN2CCCC(O)(COc3cc(C)ccc3Cl)C2)cc1. The molecule has 1 unspecified atom stereocenters. The minimum atomic E-state index is -0.881. The number of likely N-dealkylation sites (tertiary alicyclic amines) is 1. The molecule has 1 atom stereocenters. The van der Waals surface area contributed by atoms with Crippen molar-refractivity contribution in [2.24, 2.45) is 0 Å². The molecule has 30 heavy (non-hydrogen) atoms. The van der Waals surface area contributed by atoms with Crippen molar-refractivity contribution in [2.45, 2.75) is 38.8 Å². The number of rotatable bonds is 10. The zero-order chi connectivity index (χ0) is 21.4. The molecule has 1 heterocycles. The lowest BCUT2D eigenvalue weighted by molar-refractivity contribution is -0.0620. The van der Waals surface area contributed by atoms with E-state index in [0.29, 0.717) is 37.1 Å². The molecule has 1 N–H and O–H groups in total. The lowest BCUT2D eigenvalue weighted by atomic mass is 9.93. The predicted molar refractivity (Wildman–Crippen MR) is 120 cm³/mol. The number of β-amino-alcohol motifs (C(OH)–C–C–N with tert-alkyl or cyclic N) is 1. The van der Waals surface area contributed by atoms with Gasteiger partial charge in [0.2, 0.25) is 0 Å². The number of aliphatic hydroxyl groups is 1. The Morgan fingerprint density at radius 2 is 1.90 bits per heavy atom. The minimum Gasteiger partial charge on any atom is -0.491 e. The molecule has 0 bridgehead atoms. The Kier molecular flexibility index (Phi) is 8.40. The van der Waals surface area contributed by atoms with E-state index in [0.717, 1.165) is 37.2 Å². The van der Waals surface area contributed by atoms with E-state index in [1.54, 1.807) is 0 Å². The Hall–Kier alpha value is -1.79. The summed E-state index contributed by atoms with van der Waals surface area (Å²) in [5, 5.41) is 11.7. The van der Waals surface area contributed by atoms with Crippen LogP contribution in [0.3, 0.4) is 0 Å². The van der Waals surface area contributed by atoms with Crippen LogP contribution in [-0.2, 0) is 11.3 Å². The number of nitrogens with zero attached hydrogens (tertiary/aromatic N) is 1. The van der Waals surface area contributed by atoms with Crippen LogP contribution in [0.4, 0.5) is 0 Å². The highest BCUT2D eigenvalue weighted by Crippen LogP contribution is 2.29. The van der Waals surface area contributed by atoms with Crippen LogP contribution >= 0.6 is 11.6 Å². The van der Waals surface area contributed by atoms with Crippen LogP contribution < -0.4 is 9.47 Å². The van der Waals surface area contributed by atoms with Crippen molar-refractivity contribution in [3.05, 3.63) is 58.6 Å². The summed E-state index contributed by atoms with van der Waals surface area (Å²) in [4.78, 5) is 2.27. The van der Waals surface area contributed by atoms with Crippen molar-refractivity contribution in [1.82, 2.24) is 4.90 Å². The third kappa shape index (κ3) is 6.88. The van der Waals surface area contributed by atoms with Crippen LogP contribution in [0.2, 0.25) is 5.02 Å². The molecule has 0 amide bonds. The number of benzene rings is 2. The normalized spacial score (nSPS) is 19.6. The third-order valence-electron chi connectivity index (χ3n) is 5.25. The molecule has 6 heteroatoms. The summed E-state index contributed by atoms with van der Waals surface area (Å²) >= 11 is 6.22. The molecule has 2 aromatic rings. The molecule has 164 valence electrons. The molecule has 2 aromatic carbocycles. The highest BCUT2D eigenvalue weighted by Gasteiger charge is 2.34. The molecule has 5 nitrogen and oxygen atoms in total. The third-order valence-corrected chi connectivity index (χ3v) is 5.56. The predicted octanol–water partition coefficient (Wildman–Crippen LogP) is 4.47. The van der Waals surface area contributed by atoms with E-state index in [4.69, 9.17) is 25.8 Å². The van der Waals surface area contributed by atoms with Gasteiger partial charge in [-0.1, -0.05) is 29.8 Å². The van der Waals surface area contributed by atoms with Gasteiger partial charge in [0.25, 0.3) is 0 Å². The molecular formula is C24H32ClNO4. The molecule has 1 saturated heterocycles. The first kappa shape index (κ1) is 22.9. The Morgan fingerprint density at radius 1 is 1.10 bits per heavy atom. The molecule has 0 saturated carbocycles. The Morgan fingerprint density at radius 3 is 2.67 bits per heavy atom. The van der Waals surface area contributed by atoms with E-state index in [2.05, 4.69) is 17.0 Å². The maximum Gasteiger partial charge on any atom is 0.138 e. The summed E-state index contributed by atoms with van der Waals surface area (Å²) < 4.78 is 16.9. The zero-order valence-electron chi connectivity index (χ0n) is 17.9. The van der Waals surface area contributed by atoms with Gasteiger partial charge in [0, 0.05) is 19.7 Å². The van der Waals surface area contributed by atoms with Gasteiger partial charge in [0.15, 0.2) is 0 Å². The van der Waals surface area contributed by atoms with Crippen molar-refractivity contribution >= 4 is 11.6 Å². The standard InChI is InChI=1S/C24H32ClNO4/c1-3-28-13-14-29-21-8-6-20(7-9-21)16-26-12-4-11-24(27,17-26)18-30-23-15-19(2)5-10-22(23)25/h5-10,15,27H,3-4,11-14,16-18H2,1-2H3. The molecule has 0 aliphatic carbocycles. The van der Waals surface area contributed by atoms with Crippen molar-refractivity contribution < 1.29 is 19.3 Å². The Labute approximate surface area is 184 Å². The van der Waals surface area contributed by atoms with Crippen molar-refractivity contribution in [1.29, 1.82) is 0 Å². The summed E-state index contributed by atoms with van der Waals surface area (Å²) in [6.07, 6.45) is 1.65. The summed E-state index contributed by atoms with van der Waals surface area (Å²) in [5.41, 5.74) is 1.39. The maximum atomic E-state index is 11.1. The van der Waals surface area contributed by atoms with E-state index in [9.17, 15) is 5.11 Å². The van der Waals surface area contributed by atoms with Crippen molar-refractivity contribution in [2.75, 3.05) is 39.5 Å². The minimum absolute atomic E-state index is 0.235. The van der Waals surface area contributed by atoms with Gasteiger partial charge in [-0.05, 0) is 68.6 Å². The summed E-state index contributed by atoms with van der Waals surface area (Å²) in [7, 11) is 0. The smallest absolute Gasteiger partial charge is 0.138 e. The number of hydrogen-bond acceptors (Lipinski definition) is 5. The molecule has 1 fully saturated rings. The topological polar surface area (TPSA) is 51.2 Å². The first-order valence-electron chi connectivity index (χ1n) is 10.6. The van der Waals surface area contributed by atoms with E-state index in [1.165, 1.54) is 5.56 Å². The zero-order valence-corrected chi connectivity index (χ0v) is 18.7. The van der Waals surface area contributed by atoms with Crippen LogP contribution in [0.1, 0.15) is 30.9 Å². The lowest BCUT2D eigenvalue weighted by Gasteiger charge is -2.39. The fourth-order valence-corrected chi connectivity index (χ4v) is 3.88. The Bertz CT molecular complexity index is 798. The van der Waals surface area contributed by atoms with E-state index in [-0.39, 0.29) is 6.61 Å². The monoisotopic (exact) mass is 433 g/mol. The first-order chi connectivity index (χ1) is 14.5. The fourth-order valence-electron chi connectivity index (χ4n) is 3.70. The van der Waals surface area contributed by atoms with Gasteiger partial charge in [-0.3, -0.25) is 4.90 Å². The summed E-state index contributed by atoms with van der Waals surface area (Å²) in [6, 6.07) is 13.8. The largest absolute Gasteiger partial charge is 0.491 e. The molecule has 3 rings (SSSR count). The van der Waals surface area contributed by atoms with Gasteiger partial charge in [-0.25, -0.2) is 0 Å². The number of halogens is 1. The second kappa shape index (κ2) is 11.0. The Balaban J connectivity index is 1.50. The number of aryl methyl sites for hydroxylation is 1.